The predicted octanol–water partition coefficient (Wildman–Crippen LogP) is 3.82. The predicted molar refractivity (Wildman–Crippen MR) is 77.4 cm³/mol. The van der Waals surface area contributed by atoms with Crippen molar-refractivity contribution < 1.29 is 4.39 Å². The third-order valence-electron chi connectivity index (χ3n) is 4.46. The van der Waals surface area contributed by atoms with Crippen LogP contribution in [0.5, 0.6) is 0 Å². The Kier molecular flexibility index (Phi) is 4.82. The number of rotatable bonds is 4. The van der Waals surface area contributed by atoms with Gasteiger partial charge in [0, 0.05) is 6.04 Å². The zero-order chi connectivity index (χ0) is 13.9. The molecule has 1 atom stereocenters. The highest BCUT2D eigenvalue weighted by molar-refractivity contribution is 6.30. The number of nitrogens with one attached hydrogen (secondary N) is 1. The molecule has 1 unspecified atom stereocenters. The molecule has 3 N–H and O–H groups in total. The molecule has 0 spiro atoms. The number of halogens is 2. The fraction of sp³-hybridized carbons (Fsp3) is 0.600. The first-order chi connectivity index (χ1) is 9.05. The third kappa shape index (κ3) is 3.47. The Morgan fingerprint density at radius 1 is 1.37 bits per heavy atom. The molecule has 0 bridgehead atoms. The van der Waals surface area contributed by atoms with Gasteiger partial charge in [0.1, 0.15) is 5.82 Å². The van der Waals surface area contributed by atoms with E-state index in [1.165, 1.54) is 38.2 Å². The van der Waals surface area contributed by atoms with E-state index in [9.17, 15) is 4.39 Å². The molecular formula is C15H22ClFN2. The molecule has 2 rings (SSSR count). The molecule has 0 amide bonds. The zero-order valence-electron chi connectivity index (χ0n) is 11.4. The summed E-state index contributed by atoms with van der Waals surface area (Å²) in [6.45, 7) is 2.28. The van der Waals surface area contributed by atoms with Crippen molar-refractivity contribution in [1.29, 1.82) is 0 Å². The SMILES string of the molecule is CC1(C(Cc2ccc(Cl)c(F)c2)NN)CCCCC1. The average Bonchev–Trinajstić information content (AvgIpc) is 2.40. The molecule has 106 valence electrons. The van der Waals surface area contributed by atoms with E-state index in [1.54, 1.807) is 6.07 Å². The number of nitrogens with two attached hydrogens (primary N) is 1. The average molecular weight is 285 g/mol. The summed E-state index contributed by atoms with van der Waals surface area (Å²) in [4.78, 5) is 0. The Bertz CT molecular complexity index is 430. The standard InChI is InChI=1S/C15H22ClFN2/c1-15(7-3-2-4-8-15)14(19-18)10-11-5-6-12(16)13(17)9-11/h5-6,9,14,19H,2-4,7-8,10,18H2,1H3. The van der Waals surface area contributed by atoms with E-state index in [0.29, 0.717) is 0 Å². The summed E-state index contributed by atoms with van der Waals surface area (Å²) in [5.41, 5.74) is 4.08. The van der Waals surface area contributed by atoms with Crippen LogP contribution in [0.1, 0.15) is 44.6 Å². The van der Waals surface area contributed by atoms with Crippen LogP contribution in [-0.2, 0) is 6.42 Å². The summed E-state index contributed by atoms with van der Waals surface area (Å²) in [7, 11) is 0. The fourth-order valence-electron chi connectivity index (χ4n) is 3.12. The van der Waals surface area contributed by atoms with Crippen molar-refractivity contribution >= 4 is 11.6 Å². The van der Waals surface area contributed by atoms with Crippen molar-refractivity contribution in [2.75, 3.05) is 0 Å². The lowest BCUT2D eigenvalue weighted by Crippen LogP contribution is -2.49. The van der Waals surface area contributed by atoms with Gasteiger partial charge in [0.15, 0.2) is 0 Å². The van der Waals surface area contributed by atoms with Gasteiger partial charge in [-0.3, -0.25) is 11.3 Å². The van der Waals surface area contributed by atoms with E-state index in [0.717, 1.165) is 12.0 Å². The Labute approximate surface area is 119 Å². The second-order valence-corrected chi connectivity index (χ2v) is 6.29. The molecule has 1 saturated carbocycles. The highest BCUT2D eigenvalue weighted by atomic mass is 35.5. The van der Waals surface area contributed by atoms with Gasteiger partial charge in [0.25, 0.3) is 0 Å². The third-order valence-corrected chi connectivity index (χ3v) is 4.77. The number of hydrogen-bond donors (Lipinski definition) is 2. The Balaban J connectivity index is 2.11. The molecule has 4 heteroatoms. The van der Waals surface area contributed by atoms with Crippen LogP contribution in [0.3, 0.4) is 0 Å². The number of hydrazine groups is 1. The van der Waals surface area contributed by atoms with Crippen LogP contribution in [0.25, 0.3) is 0 Å². The van der Waals surface area contributed by atoms with Crippen molar-refractivity contribution in [2.24, 2.45) is 11.3 Å². The first-order valence-corrected chi connectivity index (χ1v) is 7.33. The summed E-state index contributed by atoms with van der Waals surface area (Å²) in [6.07, 6.45) is 6.91. The van der Waals surface area contributed by atoms with Crippen LogP contribution < -0.4 is 11.3 Å². The maximum Gasteiger partial charge on any atom is 0.142 e. The molecule has 0 aromatic heterocycles. The topological polar surface area (TPSA) is 38.0 Å². The lowest BCUT2D eigenvalue weighted by atomic mass is 9.69. The van der Waals surface area contributed by atoms with Gasteiger partial charge in [-0.15, -0.1) is 0 Å². The number of hydrogen-bond acceptors (Lipinski definition) is 2. The lowest BCUT2D eigenvalue weighted by Gasteiger charge is -2.40. The highest BCUT2D eigenvalue weighted by Crippen LogP contribution is 2.39. The molecule has 0 saturated heterocycles. The Hall–Kier alpha value is -0.640. The zero-order valence-corrected chi connectivity index (χ0v) is 12.1. The molecule has 0 aliphatic heterocycles. The van der Waals surface area contributed by atoms with Gasteiger partial charge in [0.2, 0.25) is 0 Å². The molecule has 1 aliphatic carbocycles. The van der Waals surface area contributed by atoms with E-state index >= 15 is 0 Å². The van der Waals surface area contributed by atoms with Crippen molar-refractivity contribution in [3.63, 3.8) is 0 Å². The van der Waals surface area contributed by atoms with Crippen LogP contribution >= 0.6 is 11.6 Å². The summed E-state index contributed by atoms with van der Waals surface area (Å²) in [5.74, 6) is 5.38. The summed E-state index contributed by atoms with van der Waals surface area (Å²) in [5, 5.41) is 0.171. The summed E-state index contributed by atoms with van der Waals surface area (Å²) >= 11 is 5.71. The van der Waals surface area contributed by atoms with Crippen molar-refractivity contribution in [2.45, 2.75) is 51.5 Å². The quantitative estimate of drug-likeness (QED) is 0.651. The highest BCUT2D eigenvalue weighted by Gasteiger charge is 2.34. The first kappa shape index (κ1) is 14.8. The number of benzene rings is 1. The molecule has 1 aromatic carbocycles. The Morgan fingerprint density at radius 3 is 2.63 bits per heavy atom. The maximum atomic E-state index is 13.5. The maximum absolute atomic E-state index is 13.5. The molecule has 0 radical (unpaired) electrons. The van der Waals surface area contributed by atoms with E-state index < -0.39 is 0 Å². The van der Waals surface area contributed by atoms with Crippen molar-refractivity contribution in [1.82, 2.24) is 5.43 Å². The van der Waals surface area contributed by atoms with Crippen LogP contribution in [-0.4, -0.2) is 6.04 Å². The lowest BCUT2D eigenvalue weighted by molar-refractivity contribution is 0.144. The largest absolute Gasteiger partial charge is 0.271 e. The minimum Gasteiger partial charge on any atom is -0.271 e. The second-order valence-electron chi connectivity index (χ2n) is 5.89. The van der Waals surface area contributed by atoms with Gasteiger partial charge in [-0.2, -0.15) is 0 Å². The van der Waals surface area contributed by atoms with E-state index in [1.807, 2.05) is 6.07 Å². The molecule has 2 nitrogen and oxygen atoms in total. The normalized spacial score (nSPS) is 20.2. The molecule has 19 heavy (non-hydrogen) atoms. The Morgan fingerprint density at radius 2 is 2.05 bits per heavy atom. The van der Waals surface area contributed by atoms with Gasteiger partial charge in [0.05, 0.1) is 5.02 Å². The monoisotopic (exact) mass is 284 g/mol. The van der Waals surface area contributed by atoms with E-state index in [4.69, 9.17) is 17.4 Å². The summed E-state index contributed by atoms with van der Waals surface area (Å²) in [6, 6.07) is 5.18. The van der Waals surface area contributed by atoms with Gasteiger partial charge in [-0.1, -0.05) is 43.9 Å². The minimum atomic E-state index is -0.358. The van der Waals surface area contributed by atoms with Crippen molar-refractivity contribution in [3.05, 3.63) is 34.6 Å². The van der Waals surface area contributed by atoms with Gasteiger partial charge >= 0.3 is 0 Å². The minimum absolute atomic E-state index is 0.171. The molecule has 1 aliphatic rings. The van der Waals surface area contributed by atoms with Crippen LogP contribution in [0.4, 0.5) is 4.39 Å². The second kappa shape index (κ2) is 6.21. The first-order valence-electron chi connectivity index (χ1n) is 6.95. The van der Waals surface area contributed by atoms with Gasteiger partial charge in [-0.05, 0) is 42.4 Å². The fourth-order valence-corrected chi connectivity index (χ4v) is 3.23. The van der Waals surface area contributed by atoms with Crippen LogP contribution in [0, 0.1) is 11.2 Å². The van der Waals surface area contributed by atoms with Gasteiger partial charge in [-0.25, -0.2) is 4.39 Å². The van der Waals surface area contributed by atoms with Gasteiger partial charge < -0.3 is 0 Å². The van der Waals surface area contributed by atoms with Crippen LogP contribution in [0.15, 0.2) is 18.2 Å². The van der Waals surface area contributed by atoms with Crippen LogP contribution in [0.2, 0.25) is 5.02 Å². The smallest absolute Gasteiger partial charge is 0.142 e. The summed E-state index contributed by atoms with van der Waals surface area (Å²) < 4.78 is 13.5. The van der Waals surface area contributed by atoms with E-state index in [-0.39, 0.29) is 22.3 Å². The molecular weight excluding hydrogens is 263 g/mol. The van der Waals surface area contributed by atoms with Crippen molar-refractivity contribution in [3.8, 4) is 0 Å². The van der Waals surface area contributed by atoms with E-state index in [2.05, 4.69) is 12.3 Å². The molecule has 0 heterocycles. The molecule has 1 aromatic rings. The molecule has 1 fully saturated rings.